The molecule has 0 bridgehead atoms. The predicted octanol–water partition coefficient (Wildman–Crippen LogP) is 2.42. The Labute approximate surface area is 155 Å². The van der Waals surface area contributed by atoms with E-state index in [1.54, 1.807) is 31.2 Å². The third kappa shape index (κ3) is 9.61. The zero-order valence-electron chi connectivity index (χ0n) is 13.9. The molecule has 7 nitrogen and oxygen atoms in total. The van der Waals surface area contributed by atoms with Crippen LogP contribution in [0.15, 0.2) is 24.3 Å². The number of carbonyl (C=O) groups excluding carboxylic acids is 1. The number of anilines is 1. The molecule has 10 heteroatoms. The second-order valence-electron chi connectivity index (χ2n) is 5.04. The van der Waals surface area contributed by atoms with Crippen molar-refractivity contribution in [2.24, 2.45) is 0 Å². The highest BCUT2D eigenvalue weighted by Crippen LogP contribution is 2.21. The van der Waals surface area contributed by atoms with Crippen molar-refractivity contribution in [3.63, 3.8) is 0 Å². The number of carbonyl (C=O) groups is 2. The summed E-state index contributed by atoms with van der Waals surface area (Å²) in [4.78, 5) is 22.3. The molecule has 1 rings (SSSR count). The van der Waals surface area contributed by atoms with E-state index in [-0.39, 0.29) is 18.1 Å². The molecule has 0 aliphatic carbocycles. The van der Waals surface area contributed by atoms with Crippen molar-refractivity contribution in [3.8, 4) is 0 Å². The van der Waals surface area contributed by atoms with Gasteiger partial charge in [-0.05, 0) is 30.7 Å². The van der Waals surface area contributed by atoms with E-state index in [0.717, 1.165) is 0 Å². The standard InChI is InChI=1S/C15H22N2O5S3/c1-2-11-25(21,22)17-13-5-3-12(4-6-13)15(20)16-8-10-24-23-9-7-14(18)19/h3-6,17H,2,7-11H2,1H3,(H,16,20)(H,18,19). The number of carboxylic acid groups (broad SMARTS) is 1. The van der Waals surface area contributed by atoms with Crippen LogP contribution in [0.1, 0.15) is 30.1 Å². The molecule has 3 N–H and O–H groups in total. The molecular weight excluding hydrogens is 384 g/mol. The molecule has 0 heterocycles. The minimum absolute atomic E-state index is 0.0530. The van der Waals surface area contributed by atoms with Crippen LogP contribution in [-0.4, -0.2) is 49.2 Å². The van der Waals surface area contributed by atoms with Crippen molar-refractivity contribution in [3.05, 3.63) is 29.8 Å². The third-order valence-corrected chi connectivity index (χ3v) is 6.75. The fourth-order valence-corrected chi connectivity index (χ4v) is 4.76. The maximum Gasteiger partial charge on any atom is 0.304 e. The van der Waals surface area contributed by atoms with E-state index in [2.05, 4.69) is 10.0 Å². The number of carboxylic acids is 1. The maximum absolute atomic E-state index is 12.0. The molecule has 25 heavy (non-hydrogen) atoms. The quantitative estimate of drug-likeness (QED) is 0.361. The van der Waals surface area contributed by atoms with E-state index in [1.807, 2.05) is 0 Å². The van der Waals surface area contributed by atoms with Gasteiger partial charge in [0, 0.05) is 29.3 Å². The van der Waals surface area contributed by atoms with Crippen LogP contribution in [0.2, 0.25) is 0 Å². The van der Waals surface area contributed by atoms with Gasteiger partial charge in [0.25, 0.3) is 5.91 Å². The van der Waals surface area contributed by atoms with E-state index < -0.39 is 16.0 Å². The summed E-state index contributed by atoms with van der Waals surface area (Å²) in [6.45, 7) is 2.25. The van der Waals surface area contributed by atoms with Gasteiger partial charge in [0.1, 0.15) is 0 Å². The van der Waals surface area contributed by atoms with Crippen LogP contribution >= 0.6 is 21.6 Å². The molecule has 140 valence electrons. The average Bonchev–Trinajstić information content (AvgIpc) is 2.53. The van der Waals surface area contributed by atoms with Crippen LogP contribution in [0.25, 0.3) is 0 Å². The Hall–Kier alpha value is -1.39. The normalized spacial score (nSPS) is 11.1. The molecule has 0 unspecified atom stereocenters. The predicted molar refractivity (Wildman–Crippen MR) is 104 cm³/mol. The zero-order chi connectivity index (χ0) is 18.7. The van der Waals surface area contributed by atoms with Crippen LogP contribution in [-0.2, 0) is 14.8 Å². The number of benzene rings is 1. The topological polar surface area (TPSA) is 113 Å². The number of hydrogen-bond acceptors (Lipinski definition) is 6. The summed E-state index contributed by atoms with van der Waals surface area (Å²) in [5, 5.41) is 11.3. The van der Waals surface area contributed by atoms with Gasteiger partial charge in [0.15, 0.2) is 0 Å². The summed E-state index contributed by atoms with van der Waals surface area (Å²) in [6.07, 6.45) is 0.654. The largest absolute Gasteiger partial charge is 0.481 e. The second-order valence-corrected chi connectivity index (χ2v) is 9.59. The zero-order valence-corrected chi connectivity index (χ0v) is 16.3. The van der Waals surface area contributed by atoms with Crippen LogP contribution in [0.4, 0.5) is 5.69 Å². The Balaban J connectivity index is 2.33. The Bertz CT molecular complexity index is 662. The molecule has 1 amide bonds. The molecular formula is C15H22N2O5S3. The van der Waals surface area contributed by atoms with E-state index in [1.165, 1.54) is 21.6 Å². The Kier molecular flexibility index (Phi) is 9.76. The van der Waals surface area contributed by atoms with E-state index in [0.29, 0.717) is 35.7 Å². The lowest BCUT2D eigenvalue weighted by Crippen LogP contribution is -2.25. The lowest BCUT2D eigenvalue weighted by Gasteiger charge is -2.08. The molecule has 0 radical (unpaired) electrons. The number of hydrogen-bond donors (Lipinski definition) is 3. The number of rotatable bonds is 12. The molecule has 0 saturated carbocycles. The molecule has 0 fully saturated rings. The first-order valence-corrected chi connectivity index (χ1v) is 11.8. The van der Waals surface area contributed by atoms with Crippen molar-refractivity contribution in [1.82, 2.24) is 5.32 Å². The Morgan fingerprint density at radius 3 is 2.36 bits per heavy atom. The molecule has 1 aromatic carbocycles. The minimum Gasteiger partial charge on any atom is -0.481 e. The van der Waals surface area contributed by atoms with Gasteiger partial charge in [0.05, 0.1) is 12.2 Å². The van der Waals surface area contributed by atoms with Crippen LogP contribution in [0.5, 0.6) is 0 Å². The molecule has 0 aliphatic heterocycles. The first-order valence-electron chi connectivity index (χ1n) is 7.69. The SMILES string of the molecule is CCCS(=O)(=O)Nc1ccc(C(=O)NCCSSCCC(=O)O)cc1. The summed E-state index contributed by atoms with van der Waals surface area (Å²) in [5.74, 6) is 0.201. The number of aliphatic carboxylic acids is 1. The molecule has 0 aromatic heterocycles. The van der Waals surface area contributed by atoms with Gasteiger partial charge in [-0.25, -0.2) is 8.42 Å². The van der Waals surface area contributed by atoms with Crippen molar-refractivity contribution in [1.29, 1.82) is 0 Å². The molecule has 0 atom stereocenters. The van der Waals surface area contributed by atoms with Gasteiger partial charge in [-0.1, -0.05) is 28.5 Å². The summed E-state index contributed by atoms with van der Waals surface area (Å²) in [5.41, 5.74) is 0.873. The Morgan fingerprint density at radius 1 is 1.12 bits per heavy atom. The van der Waals surface area contributed by atoms with Crippen molar-refractivity contribution >= 4 is 49.2 Å². The summed E-state index contributed by atoms with van der Waals surface area (Å²) in [7, 11) is -0.374. The van der Waals surface area contributed by atoms with Gasteiger partial charge < -0.3 is 10.4 Å². The van der Waals surface area contributed by atoms with Crippen LogP contribution < -0.4 is 10.0 Å². The lowest BCUT2D eigenvalue weighted by molar-refractivity contribution is -0.136. The summed E-state index contributed by atoms with van der Waals surface area (Å²) in [6, 6.07) is 6.24. The highest BCUT2D eigenvalue weighted by Gasteiger charge is 2.10. The molecule has 1 aromatic rings. The Morgan fingerprint density at radius 2 is 1.76 bits per heavy atom. The summed E-state index contributed by atoms with van der Waals surface area (Å²) >= 11 is 0. The van der Waals surface area contributed by atoms with Crippen molar-refractivity contribution < 1.29 is 23.1 Å². The van der Waals surface area contributed by atoms with Crippen molar-refractivity contribution in [2.45, 2.75) is 19.8 Å². The van der Waals surface area contributed by atoms with E-state index in [9.17, 15) is 18.0 Å². The number of sulfonamides is 1. The first kappa shape index (κ1) is 21.7. The fraction of sp³-hybridized carbons (Fsp3) is 0.467. The lowest BCUT2D eigenvalue weighted by atomic mass is 10.2. The molecule has 0 saturated heterocycles. The molecule has 0 aliphatic rings. The van der Waals surface area contributed by atoms with Gasteiger partial charge in [-0.2, -0.15) is 0 Å². The average molecular weight is 407 g/mol. The monoisotopic (exact) mass is 406 g/mol. The van der Waals surface area contributed by atoms with Crippen LogP contribution in [0, 0.1) is 0 Å². The highest BCUT2D eigenvalue weighted by molar-refractivity contribution is 8.76. The molecule has 0 spiro atoms. The van der Waals surface area contributed by atoms with Crippen LogP contribution in [0.3, 0.4) is 0 Å². The van der Waals surface area contributed by atoms with Crippen molar-refractivity contribution in [2.75, 3.05) is 28.5 Å². The number of amides is 1. The van der Waals surface area contributed by atoms with Gasteiger partial charge in [-0.15, -0.1) is 0 Å². The minimum atomic E-state index is -3.34. The second kappa shape index (κ2) is 11.3. The van der Waals surface area contributed by atoms with Gasteiger partial charge in [0.2, 0.25) is 10.0 Å². The summed E-state index contributed by atoms with van der Waals surface area (Å²) < 4.78 is 25.8. The number of nitrogens with one attached hydrogen (secondary N) is 2. The van der Waals surface area contributed by atoms with E-state index in [4.69, 9.17) is 5.11 Å². The highest BCUT2D eigenvalue weighted by atomic mass is 33.1. The van der Waals surface area contributed by atoms with Gasteiger partial charge in [-0.3, -0.25) is 14.3 Å². The van der Waals surface area contributed by atoms with E-state index >= 15 is 0 Å². The smallest absolute Gasteiger partial charge is 0.304 e. The first-order chi connectivity index (χ1) is 11.8. The third-order valence-electron chi connectivity index (χ3n) is 2.85. The fourth-order valence-electron chi connectivity index (χ4n) is 1.74. The van der Waals surface area contributed by atoms with Gasteiger partial charge >= 0.3 is 5.97 Å². The maximum atomic E-state index is 12.0.